The van der Waals surface area contributed by atoms with Crippen molar-refractivity contribution in [2.24, 2.45) is 0 Å². The molecule has 23 heavy (non-hydrogen) atoms. The van der Waals surface area contributed by atoms with Gasteiger partial charge in [0.1, 0.15) is 12.7 Å². The molecule has 120 valence electrons. The van der Waals surface area contributed by atoms with Crippen LogP contribution in [0.1, 0.15) is 5.69 Å². The first-order valence-corrected chi connectivity index (χ1v) is 8.40. The highest BCUT2D eigenvalue weighted by atomic mass is 32.1. The first kappa shape index (κ1) is 14.6. The van der Waals surface area contributed by atoms with E-state index in [9.17, 15) is 0 Å². The zero-order chi connectivity index (χ0) is 15.5. The van der Waals surface area contributed by atoms with Crippen molar-refractivity contribution in [1.82, 2.24) is 24.8 Å². The van der Waals surface area contributed by atoms with Gasteiger partial charge in [0.05, 0.1) is 29.8 Å². The van der Waals surface area contributed by atoms with E-state index in [1.54, 1.807) is 28.7 Å². The van der Waals surface area contributed by atoms with Crippen LogP contribution in [0.25, 0.3) is 10.6 Å². The number of aromatic nitrogens is 4. The molecule has 0 saturated carbocycles. The lowest BCUT2D eigenvalue weighted by molar-refractivity contribution is -0.0407. The van der Waals surface area contributed by atoms with Crippen LogP contribution in [0.4, 0.5) is 0 Å². The average Bonchev–Trinajstić information content (AvgIpc) is 3.30. The molecule has 0 aromatic carbocycles. The summed E-state index contributed by atoms with van der Waals surface area (Å²) in [5.41, 5.74) is 0.954. The van der Waals surface area contributed by atoms with E-state index in [0.717, 1.165) is 49.1 Å². The highest BCUT2D eigenvalue weighted by Crippen LogP contribution is 2.25. The Bertz CT molecular complexity index is 725. The Morgan fingerprint density at radius 3 is 3.22 bits per heavy atom. The van der Waals surface area contributed by atoms with E-state index in [-0.39, 0.29) is 6.10 Å². The van der Waals surface area contributed by atoms with Gasteiger partial charge in [0.15, 0.2) is 5.76 Å². The monoisotopic (exact) mass is 331 g/mol. The van der Waals surface area contributed by atoms with Gasteiger partial charge < -0.3 is 9.26 Å². The van der Waals surface area contributed by atoms with Crippen molar-refractivity contribution in [3.63, 3.8) is 0 Å². The van der Waals surface area contributed by atoms with Crippen LogP contribution in [-0.2, 0) is 17.8 Å². The van der Waals surface area contributed by atoms with E-state index in [0.29, 0.717) is 0 Å². The molecule has 4 rings (SSSR count). The summed E-state index contributed by atoms with van der Waals surface area (Å²) >= 11 is 1.65. The normalized spacial score (nSPS) is 19.2. The van der Waals surface area contributed by atoms with Crippen molar-refractivity contribution in [3.8, 4) is 10.6 Å². The molecular formula is C15H17N5O2S. The zero-order valence-electron chi connectivity index (χ0n) is 12.5. The summed E-state index contributed by atoms with van der Waals surface area (Å²) in [4.78, 5) is 7.40. The molecule has 0 radical (unpaired) electrons. The average molecular weight is 331 g/mol. The molecule has 3 aromatic rings. The second-order valence-electron chi connectivity index (χ2n) is 5.51. The van der Waals surface area contributed by atoms with Gasteiger partial charge in [-0.15, -0.1) is 11.3 Å². The van der Waals surface area contributed by atoms with Crippen LogP contribution >= 0.6 is 11.3 Å². The maximum absolute atomic E-state index is 5.81. The van der Waals surface area contributed by atoms with Gasteiger partial charge in [-0.05, 0) is 11.4 Å². The molecule has 0 N–H and O–H groups in total. The summed E-state index contributed by atoms with van der Waals surface area (Å²) in [6.07, 6.45) is 3.38. The highest BCUT2D eigenvalue weighted by molar-refractivity contribution is 7.13. The molecule has 8 heteroatoms. The molecule has 1 fully saturated rings. The van der Waals surface area contributed by atoms with Gasteiger partial charge in [0, 0.05) is 25.7 Å². The SMILES string of the molecule is c1csc(-c2cc(CN3CCOC(Cn4cncn4)C3)no2)c1. The molecular weight excluding hydrogens is 314 g/mol. The molecule has 1 aliphatic heterocycles. The zero-order valence-corrected chi connectivity index (χ0v) is 13.4. The maximum Gasteiger partial charge on any atom is 0.177 e. The van der Waals surface area contributed by atoms with Gasteiger partial charge in [-0.3, -0.25) is 9.58 Å². The van der Waals surface area contributed by atoms with E-state index in [1.807, 2.05) is 23.6 Å². The number of hydrogen-bond donors (Lipinski definition) is 0. The Kier molecular flexibility index (Phi) is 4.18. The van der Waals surface area contributed by atoms with Crippen LogP contribution in [-0.4, -0.2) is 50.6 Å². The molecule has 0 amide bonds. The van der Waals surface area contributed by atoms with Crippen LogP contribution in [0.15, 0.2) is 40.8 Å². The Balaban J connectivity index is 1.37. The van der Waals surface area contributed by atoms with E-state index >= 15 is 0 Å². The van der Waals surface area contributed by atoms with Crippen LogP contribution in [0.3, 0.4) is 0 Å². The molecule has 1 saturated heterocycles. The van der Waals surface area contributed by atoms with Crippen molar-refractivity contribution >= 4 is 11.3 Å². The van der Waals surface area contributed by atoms with Crippen molar-refractivity contribution in [2.75, 3.05) is 19.7 Å². The molecule has 0 bridgehead atoms. The summed E-state index contributed by atoms with van der Waals surface area (Å²) < 4.78 is 13.1. The smallest absolute Gasteiger partial charge is 0.177 e. The van der Waals surface area contributed by atoms with Crippen LogP contribution in [0.2, 0.25) is 0 Å². The van der Waals surface area contributed by atoms with Crippen molar-refractivity contribution in [1.29, 1.82) is 0 Å². The summed E-state index contributed by atoms with van der Waals surface area (Å²) in [6, 6.07) is 6.07. The molecule has 4 heterocycles. The van der Waals surface area contributed by atoms with Gasteiger partial charge in [0.2, 0.25) is 0 Å². The standard InChI is InChI=1S/C15H17N5O2S/c1-2-15(23-5-1)14-6-12(18-22-14)7-19-3-4-21-13(8-19)9-20-11-16-10-17-20/h1-2,5-6,10-11,13H,3-4,7-9H2. The maximum atomic E-state index is 5.81. The first-order valence-electron chi connectivity index (χ1n) is 7.52. The van der Waals surface area contributed by atoms with Gasteiger partial charge in [-0.2, -0.15) is 5.10 Å². The quantitative estimate of drug-likeness (QED) is 0.711. The highest BCUT2D eigenvalue weighted by Gasteiger charge is 2.22. The third-order valence-corrected chi connectivity index (χ3v) is 4.67. The summed E-state index contributed by atoms with van der Waals surface area (Å²) in [5.74, 6) is 0.836. The third kappa shape index (κ3) is 3.49. The Labute approximate surface area is 137 Å². The minimum absolute atomic E-state index is 0.120. The van der Waals surface area contributed by atoms with Gasteiger partial charge in [0.25, 0.3) is 0 Å². The number of hydrogen-bond acceptors (Lipinski definition) is 7. The minimum atomic E-state index is 0.120. The molecule has 1 atom stereocenters. The molecule has 3 aromatic heterocycles. The molecule has 1 unspecified atom stereocenters. The Hall–Kier alpha value is -2.03. The van der Waals surface area contributed by atoms with Crippen LogP contribution < -0.4 is 0 Å². The van der Waals surface area contributed by atoms with Crippen LogP contribution in [0.5, 0.6) is 0 Å². The third-order valence-electron chi connectivity index (χ3n) is 3.79. The second-order valence-corrected chi connectivity index (χ2v) is 6.45. The summed E-state index contributed by atoms with van der Waals surface area (Å²) in [7, 11) is 0. The van der Waals surface area contributed by atoms with Gasteiger partial charge in [-0.25, -0.2) is 4.98 Å². The van der Waals surface area contributed by atoms with Crippen molar-refractivity contribution < 1.29 is 9.26 Å². The van der Waals surface area contributed by atoms with Crippen LogP contribution in [0, 0.1) is 0 Å². The Morgan fingerprint density at radius 2 is 2.39 bits per heavy atom. The number of ether oxygens (including phenoxy) is 1. The molecule has 7 nitrogen and oxygen atoms in total. The lowest BCUT2D eigenvalue weighted by Crippen LogP contribution is -2.43. The van der Waals surface area contributed by atoms with E-state index in [1.165, 1.54) is 0 Å². The van der Waals surface area contributed by atoms with Gasteiger partial charge >= 0.3 is 0 Å². The van der Waals surface area contributed by atoms with Crippen molar-refractivity contribution in [3.05, 3.63) is 41.9 Å². The van der Waals surface area contributed by atoms with E-state index in [2.05, 4.69) is 20.1 Å². The van der Waals surface area contributed by atoms with Gasteiger partial charge in [-0.1, -0.05) is 11.2 Å². The lowest BCUT2D eigenvalue weighted by Gasteiger charge is -2.32. The fourth-order valence-electron chi connectivity index (χ4n) is 2.72. The molecule has 0 spiro atoms. The predicted octanol–water partition coefficient (Wildman–Crippen LogP) is 1.90. The number of thiophene rings is 1. The minimum Gasteiger partial charge on any atom is -0.374 e. The first-order chi connectivity index (χ1) is 11.4. The van der Waals surface area contributed by atoms with Crippen molar-refractivity contribution in [2.45, 2.75) is 19.2 Å². The molecule has 1 aliphatic rings. The summed E-state index contributed by atoms with van der Waals surface area (Å²) in [6.45, 7) is 3.95. The van der Waals surface area contributed by atoms with E-state index < -0.39 is 0 Å². The number of morpholine rings is 1. The number of rotatable bonds is 5. The predicted molar refractivity (Wildman–Crippen MR) is 84.9 cm³/mol. The fraction of sp³-hybridized carbons (Fsp3) is 0.400. The Morgan fingerprint density at radius 1 is 1.39 bits per heavy atom. The fourth-order valence-corrected chi connectivity index (χ4v) is 3.39. The number of nitrogens with zero attached hydrogens (tertiary/aromatic N) is 5. The largest absolute Gasteiger partial charge is 0.374 e. The topological polar surface area (TPSA) is 69.2 Å². The molecule has 0 aliphatic carbocycles. The second kappa shape index (κ2) is 6.61. The summed E-state index contributed by atoms with van der Waals surface area (Å²) in [5, 5.41) is 10.4. The lowest BCUT2D eigenvalue weighted by atomic mass is 10.2. The van der Waals surface area contributed by atoms with E-state index in [4.69, 9.17) is 9.26 Å².